The minimum atomic E-state index is -1.14. The summed E-state index contributed by atoms with van der Waals surface area (Å²) >= 11 is 6.83. The molecule has 2 rings (SSSR count). The Morgan fingerprint density at radius 2 is 2.00 bits per heavy atom. The molecule has 0 aliphatic heterocycles. The largest absolute Gasteiger partial charge is 0.478 e. The molecule has 0 saturated heterocycles. The molecule has 0 unspecified atom stereocenters. The number of carbonyl (C=O) groups is 1. The van der Waals surface area contributed by atoms with Crippen molar-refractivity contribution in [1.82, 2.24) is 9.97 Å². The highest BCUT2D eigenvalue weighted by atomic mass is 35.5. The molecule has 0 radical (unpaired) electrons. The second kappa shape index (κ2) is 5.85. The van der Waals surface area contributed by atoms with Crippen LogP contribution in [0.25, 0.3) is 0 Å². The van der Waals surface area contributed by atoms with E-state index in [1.54, 1.807) is 6.07 Å². The molecule has 1 N–H and O–H groups in total. The third kappa shape index (κ3) is 3.22. The quantitative estimate of drug-likeness (QED) is 0.525. The summed E-state index contributed by atoms with van der Waals surface area (Å²) in [6.07, 6.45) is 2.17. The Bertz CT molecular complexity index is 678. The first kappa shape index (κ1) is 14.2. The second-order valence-corrected chi connectivity index (χ2v) is 4.98. The van der Waals surface area contributed by atoms with Gasteiger partial charge in [0.05, 0.1) is 15.5 Å². The van der Waals surface area contributed by atoms with E-state index in [0.717, 1.165) is 24.2 Å². The Labute approximate surface area is 121 Å². The van der Waals surface area contributed by atoms with E-state index in [0.29, 0.717) is 4.90 Å². The van der Waals surface area contributed by atoms with Gasteiger partial charge in [-0.1, -0.05) is 11.6 Å². The summed E-state index contributed by atoms with van der Waals surface area (Å²) in [7, 11) is 0. The molecule has 9 heteroatoms. The van der Waals surface area contributed by atoms with Crippen LogP contribution in [0, 0.1) is 10.1 Å². The second-order valence-electron chi connectivity index (χ2n) is 3.53. The van der Waals surface area contributed by atoms with Gasteiger partial charge in [0.25, 0.3) is 0 Å². The van der Waals surface area contributed by atoms with Crippen molar-refractivity contribution >= 4 is 35.0 Å². The van der Waals surface area contributed by atoms with E-state index >= 15 is 0 Å². The fourth-order valence-electron chi connectivity index (χ4n) is 1.29. The fraction of sp³-hybridized carbons (Fsp3) is 0. The summed E-state index contributed by atoms with van der Waals surface area (Å²) in [5.41, 5.74) is -0.241. The molecule has 0 aliphatic carbocycles. The minimum absolute atomic E-state index is 0.0291. The van der Waals surface area contributed by atoms with E-state index in [-0.39, 0.29) is 21.4 Å². The van der Waals surface area contributed by atoms with E-state index in [9.17, 15) is 14.9 Å². The first-order valence-corrected chi connectivity index (χ1v) is 6.34. The van der Waals surface area contributed by atoms with Gasteiger partial charge in [-0.2, -0.15) is 0 Å². The van der Waals surface area contributed by atoms with Gasteiger partial charge < -0.3 is 5.11 Å². The van der Waals surface area contributed by atoms with Crippen molar-refractivity contribution in [3.8, 4) is 0 Å². The molecule has 2 aromatic rings. The van der Waals surface area contributed by atoms with Crippen molar-refractivity contribution in [3.05, 3.63) is 51.3 Å². The molecule has 1 aromatic heterocycles. The summed E-state index contributed by atoms with van der Waals surface area (Å²) in [6, 6.07) is 4.46. The number of nitro groups is 1. The molecule has 20 heavy (non-hydrogen) atoms. The number of nitrogens with zero attached hydrogens (tertiary/aromatic N) is 3. The molecule has 0 atom stereocenters. The zero-order chi connectivity index (χ0) is 14.7. The van der Waals surface area contributed by atoms with E-state index in [2.05, 4.69) is 9.97 Å². The van der Waals surface area contributed by atoms with Crippen LogP contribution in [0.5, 0.6) is 0 Å². The van der Waals surface area contributed by atoms with Crippen LogP contribution in [0.3, 0.4) is 0 Å². The van der Waals surface area contributed by atoms with Crippen LogP contribution >= 0.6 is 23.4 Å². The average molecular weight is 312 g/mol. The Morgan fingerprint density at radius 1 is 1.35 bits per heavy atom. The van der Waals surface area contributed by atoms with E-state index in [1.807, 2.05) is 0 Å². The van der Waals surface area contributed by atoms with Gasteiger partial charge in [0.2, 0.25) is 0 Å². The molecule has 0 amide bonds. The van der Waals surface area contributed by atoms with Crippen molar-refractivity contribution in [3.63, 3.8) is 0 Å². The summed E-state index contributed by atoms with van der Waals surface area (Å²) in [4.78, 5) is 29.0. The van der Waals surface area contributed by atoms with Gasteiger partial charge in [0.1, 0.15) is 12.4 Å². The predicted octanol–water partition coefficient (Wildman–Crippen LogP) is 2.89. The van der Waals surface area contributed by atoms with Gasteiger partial charge in [-0.25, -0.2) is 14.8 Å². The lowest BCUT2D eigenvalue weighted by Crippen LogP contribution is -1.97. The Balaban J connectivity index is 2.23. The Hall–Kier alpha value is -2.19. The number of aromatic carboxylic acids is 1. The van der Waals surface area contributed by atoms with E-state index in [1.165, 1.54) is 12.1 Å². The first-order chi connectivity index (χ1) is 9.47. The summed E-state index contributed by atoms with van der Waals surface area (Å²) in [5, 5.41) is 19.8. The highest BCUT2D eigenvalue weighted by Crippen LogP contribution is 2.28. The molecule has 0 bridgehead atoms. The molecule has 0 spiro atoms. The smallest absolute Gasteiger partial charge is 0.337 e. The minimum Gasteiger partial charge on any atom is -0.478 e. The number of hydrogen-bond donors (Lipinski definition) is 1. The van der Waals surface area contributed by atoms with Crippen LogP contribution in [-0.4, -0.2) is 26.0 Å². The summed E-state index contributed by atoms with van der Waals surface area (Å²) in [5.74, 6) is -1.14. The highest BCUT2D eigenvalue weighted by Gasteiger charge is 2.12. The molecule has 102 valence electrons. The van der Waals surface area contributed by atoms with Crippen LogP contribution in [0.15, 0.2) is 40.6 Å². The molecule has 0 aliphatic rings. The lowest BCUT2D eigenvalue weighted by Gasteiger charge is -2.03. The number of carboxylic acids is 1. The van der Waals surface area contributed by atoms with Crippen LogP contribution < -0.4 is 0 Å². The van der Waals surface area contributed by atoms with Crippen LogP contribution in [0.1, 0.15) is 10.4 Å². The maximum atomic E-state index is 10.9. The number of carboxylic acid groups (broad SMARTS) is 1. The van der Waals surface area contributed by atoms with E-state index < -0.39 is 10.9 Å². The molecule has 1 heterocycles. The maximum Gasteiger partial charge on any atom is 0.337 e. The Morgan fingerprint density at radius 3 is 2.55 bits per heavy atom. The lowest BCUT2D eigenvalue weighted by atomic mass is 10.2. The fourth-order valence-corrected chi connectivity index (χ4v) is 2.23. The lowest BCUT2D eigenvalue weighted by molar-refractivity contribution is -0.385. The molecular formula is C11H6ClN3O4S. The van der Waals surface area contributed by atoms with Gasteiger partial charge in [0, 0.05) is 4.90 Å². The van der Waals surface area contributed by atoms with E-state index in [4.69, 9.17) is 16.7 Å². The number of rotatable bonds is 4. The van der Waals surface area contributed by atoms with Crippen LogP contribution in [-0.2, 0) is 0 Å². The molecule has 0 fully saturated rings. The average Bonchev–Trinajstić information content (AvgIpc) is 2.41. The van der Waals surface area contributed by atoms with Crippen LogP contribution in [0.4, 0.5) is 5.69 Å². The standard InChI is InChI=1S/C11H6ClN3O4S/c12-9-2-1-7(3-8(9)10(16)17)20-11-13-4-6(5-14-11)15(18)19/h1-5H,(H,16,17). The van der Waals surface area contributed by atoms with Crippen molar-refractivity contribution in [2.45, 2.75) is 10.1 Å². The molecule has 7 nitrogen and oxygen atoms in total. The third-order valence-corrected chi connectivity index (χ3v) is 3.42. The first-order valence-electron chi connectivity index (χ1n) is 5.14. The molecule has 0 saturated carbocycles. The van der Waals surface area contributed by atoms with Gasteiger partial charge >= 0.3 is 11.7 Å². The Kier molecular flexibility index (Phi) is 4.16. The maximum absolute atomic E-state index is 10.9. The number of benzene rings is 1. The SMILES string of the molecule is O=C(O)c1cc(Sc2ncc([N+](=O)[O-])cn2)ccc1Cl. The topological polar surface area (TPSA) is 106 Å². The van der Waals surface area contributed by atoms with Gasteiger partial charge in [-0.15, -0.1) is 0 Å². The number of halogens is 1. The van der Waals surface area contributed by atoms with Gasteiger partial charge in [-0.05, 0) is 30.0 Å². The zero-order valence-corrected chi connectivity index (χ0v) is 11.3. The highest BCUT2D eigenvalue weighted by molar-refractivity contribution is 7.99. The monoisotopic (exact) mass is 311 g/mol. The summed E-state index contributed by atoms with van der Waals surface area (Å²) < 4.78 is 0. The normalized spacial score (nSPS) is 10.2. The summed E-state index contributed by atoms with van der Waals surface area (Å²) in [6.45, 7) is 0. The van der Waals surface area contributed by atoms with Crippen molar-refractivity contribution < 1.29 is 14.8 Å². The van der Waals surface area contributed by atoms with Gasteiger partial charge in [0.15, 0.2) is 5.16 Å². The molecule has 1 aromatic carbocycles. The van der Waals surface area contributed by atoms with Gasteiger partial charge in [-0.3, -0.25) is 10.1 Å². The van der Waals surface area contributed by atoms with Crippen molar-refractivity contribution in [2.24, 2.45) is 0 Å². The third-order valence-electron chi connectivity index (χ3n) is 2.20. The predicted molar refractivity (Wildman–Crippen MR) is 71.2 cm³/mol. The van der Waals surface area contributed by atoms with Crippen molar-refractivity contribution in [2.75, 3.05) is 0 Å². The zero-order valence-electron chi connectivity index (χ0n) is 9.69. The van der Waals surface area contributed by atoms with Crippen LogP contribution in [0.2, 0.25) is 5.02 Å². The molecular weight excluding hydrogens is 306 g/mol. The van der Waals surface area contributed by atoms with Crippen molar-refractivity contribution in [1.29, 1.82) is 0 Å². The number of hydrogen-bond acceptors (Lipinski definition) is 6. The number of aromatic nitrogens is 2.